The van der Waals surface area contributed by atoms with Crippen molar-refractivity contribution in [1.82, 2.24) is 9.80 Å². The average Bonchev–Trinajstić information content (AvgIpc) is 3.05. The van der Waals surface area contributed by atoms with Gasteiger partial charge in [0.15, 0.2) is 6.61 Å². The molecule has 0 spiro atoms. The molecule has 0 saturated carbocycles. The van der Waals surface area contributed by atoms with E-state index in [2.05, 4.69) is 0 Å². The first-order chi connectivity index (χ1) is 10.1. The highest BCUT2D eigenvalue weighted by molar-refractivity contribution is 5.98. The predicted octanol–water partition coefficient (Wildman–Crippen LogP) is 1.19. The van der Waals surface area contributed by atoms with Crippen molar-refractivity contribution in [2.24, 2.45) is 0 Å². The molecule has 2 aliphatic rings. The van der Waals surface area contributed by atoms with Crippen LogP contribution in [0.2, 0.25) is 0 Å². The van der Waals surface area contributed by atoms with Crippen LogP contribution in [0.25, 0.3) is 0 Å². The predicted molar refractivity (Wildman–Crippen MR) is 73.7 cm³/mol. The Bertz CT molecular complexity index is 597. The Morgan fingerprint density at radius 3 is 2.81 bits per heavy atom. The lowest BCUT2D eigenvalue weighted by Gasteiger charge is -2.20. The molecule has 2 heterocycles. The molecule has 21 heavy (non-hydrogen) atoms. The van der Waals surface area contributed by atoms with Gasteiger partial charge < -0.3 is 9.64 Å². The van der Waals surface area contributed by atoms with Crippen molar-refractivity contribution in [3.05, 3.63) is 35.4 Å². The molecule has 1 unspecified atom stereocenters. The van der Waals surface area contributed by atoms with Gasteiger partial charge in [-0.3, -0.25) is 9.59 Å². The zero-order chi connectivity index (χ0) is 15.0. The number of amides is 3. The normalized spacial score (nSPS) is 21.9. The van der Waals surface area contributed by atoms with Crippen molar-refractivity contribution >= 4 is 17.9 Å². The van der Waals surface area contributed by atoms with Gasteiger partial charge in [0.25, 0.3) is 11.8 Å². The molecular formula is C15H16N2O4. The van der Waals surface area contributed by atoms with Gasteiger partial charge in [-0.05, 0) is 25.5 Å². The van der Waals surface area contributed by atoms with E-state index in [9.17, 15) is 14.4 Å². The summed E-state index contributed by atoms with van der Waals surface area (Å²) >= 11 is 0. The van der Waals surface area contributed by atoms with Crippen molar-refractivity contribution in [2.45, 2.75) is 19.4 Å². The molecule has 0 bridgehead atoms. The maximum absolute atomic E-state index is 12.4. The van der Waals surface area contributed by atoms with Crippen molar-refractivity contribution in [1.29, 1.82) is 0 Å². The van der Waals surface area contributed by atoms with E-state index in [0.717, 1.165) is 10.5 Å². The molecule has 6 heteroatoms. The number of benzene rings is 1. The van der Waals surface area contributed by atoms with E-state index in [0.29, 0.717) is 25.1 Å². The molecule has 2 fully saturated rings. The van der Waals surface area contributed by atoms with Crippen molar-refractivity contribution in [3.8, 4) is 0 Å². The van der Waals surface area contributed by atoms with E-state index in [4.69, 9.17) is 4.74 Å². The largest absolute Gasteiger partial charge is 0.439 e. The van der Waals surface area contributed by atoms with Gasteiger partial charge >= 0.3 is 6.09 Å². The second-order valence-electron chi connectivity index (χ2n) is 5.38. The second-order valence-corrected chi connectivity index (χ2v) is 5.38. The smallest absolute Gasteiger partial charge is 0.417 e. The molecule has 0 aromatic heterocycles. The lowest BCUT2D eigenvalue weighted by molar-refractivity contribution is -0.127. The molecular weight excluding hydrogens is 272 g/mol. The lowest BCUT2D eigenvalue weighted by atomic mass is 10.1. The van der Waals surface area contributed by atoms with Crippen molar-refractivity contribution < 1.29 is 19.1 Å². The first-order valence-electron chi connectivity index (χ1n) is 6.91. The van der Waals surface area contributed by atoms with Gasteiger partial charge in [0.05, 0.1) is 6.04 Å². The van der Waals surface area contributed by atoms with Crippen LogP contribution in [0.3, 0.4) is 0 Å². The summed E-state index contributed by atoms with van der Waals surface area (Å²) in [6, 6.07) is 7.12. The maximum atomic E-state index is 12.4. The van der Waals surface area contributed by atoms with Gasteiger partial charge in [-0.2, -0.15) is 0 Å². The van der Waals surface area contributed by atoms with Crippen molar-refractivity contribution in [3.63, 3.8) is 0 Å². The highest BCUT2D eigenvalue weighted by Gasteiger charge is 2.41. The highest BCUT2D eigenvalue weighted by atomic mass is 16.6. The van der Waals surface area contributed by atoms with E-state index in [-0.39, 0.29) is 24.5 Å². The molecule has 3 amide bonds. The number of carbonyl (C=O) groups excluding carboxylic acids is 3. The molecule has 110 valence electrons. The summed E-state index contributed by atoms with van der Waals surface area (Å²) in [5, 5.41) is 0. The highest BCUT2D eigenvalue weighted by Crippen LogP contribution is 2.21. The van der Waals surface area contributed by atoms with Gasteiger partial charge in [-0.1, -0.05) is 17.7 Å². The fraction of sp³-hybridized carbons (Fsp3) is 0.400. The standard InChI is InChI=1S/C15H16N2O4/c1-10-3-2-4-11(7-10)14(19)16-6-5-12(8-16)17-13(18)9-21-15(17)20/h2-4,7,12H,5-6,8-9H2,1H3. The first kappa shape index (κ1) is 13.6. The number of nitrogens with zero attached hydrogens (tertiary/aromatic N) is 2. The Morgan fingerprint density at radius 1 is 1.33 bits per heavy atom. The van der Waals surface area contributed by atoms with Gasteiger partial charge in [0.1, 0.15) is 0 Å². The van der Waals surface area contributed by atoms with Crippen LogP contribution >= 0.6 is 0 Å². The molecule has 0 N–H and O–H groups in total. The number of cyclic esters (lactones) is 1. The third-order valence-electron chi connectivity index (χ3n) is 3.87. The Hall–Kier alpha value is -2.37. The van der Waals surface area contributed by atoms with Crippen molar-refractivity contribution in [2.75, 3.05) is 19.7 Å². The van der Waals surface area contributed by atoms with Gasteiger partial charge in [-0.25, -0.2) is 9.69 Å². The lowest BCUT2D eigenvalue weighted by Crippen LogP contribution is -2.42. The summed E-state index contributed by atoms with van der Waals surface area (Å²) in [6.45, 7) is 2.64. The number of aryl methyl sites for hydroxylation is 1. The van der Waals surface area contributed by atoms with E-state index in [1.54, 1.807) is 11.0 Å². The second kappa shape index (κ2) is 5.20. The molecule has 1 atom stereocenters. The van der Waals surface area contributed by atoms with Crippen LogP contribution in [0, 0.1) is 6.92 Å². The number of imide groups is 1. The van der Waals surface area contributed by atoms with Gasteiger partial charge in [0.2, 0.25) is 0 Å². The number of hydrogen-bond acceptors (Lipinski definition) is 4. The zero-order valence-electron chi connectivity index (χ0n) is 11.7. The Kier molecular flexibility index (Phi) is 3.37. The SMILES string of the molecule is Cc1cccc(C(=O)N2CCC(N3C(=O)COC3=O)C2)c1. The quantitative estimate of drug-likeness (QED) is 0.820. The van der Waals surface area contributed by atoms with E-state index in [1.807, 2.05) is 25.1 Å². The summed E-state index contributed by atoms with van der Waals surface area (Å²) < 4.78 is 4.72. The summed E-state index contributed by atoms with van der Waals surface area (Å²) in [7, 11) is 0. The first-order valence-corrected chi connectivity index (χ1v) is 6.91. The van der Waals surface area contributed by atoms with E-state index >= 15 is 0 Å². The van der Waals surface area contributed by atoms with Gasteiger partial charge in [0, 0.05) is 18.7 Å². The maximum Gasteiger partial charge on any atom is 0.417 e. The molecule has 1 aromatic rings. The minimum Gasteiger partial charge on any atom is -0.439 e. The molecule has 0 radical (unpaired) electrons. The topological polar surface area (TPSA) is 66.9 Å². The average molecular weight is 288 g/mol. The van der Waals surface area contributed by atoms with Crippen LogP contribution in [-0.4, -0.2) is 53.4 Å². The fourth-order valence-corrected chi connectivity index (χ4v) is 2.81. The van der Waals surface area contributed by atoms with Crippen LogP contribution in [0.4, 0.5) is 4.79 Å². The van der Waals surface area contributed by atoms with Crippen LogP contribution in [-0.2, 0) is 9.53 Å². The molecule has 3 rings (SSSR count). The Labute approximate surface area is 122 Å². The summed E-state index contributed by atoms with van der Waals surface area (Å²) in [5.74, 6) is -0.393. The molecule has 0 aliphatic carbocycles. The Balaban J connectivity index is 1.71. The van der Waals surface area contributed by atoms with E-state index < -0.39 is 6.09 Å². The van der Waals surface area contributed by atoms with Crippen LogP contribution in [0.1, 0.15) is 22.3 Å². The third kappa shape index (κ3) is 2.49. The monoisotopic (exact) mass is 288 g/mol. The van der Waals surface area contributed by atoms with Crippen LogP contribution in [0.15, 0.2) is 24.3 Å². The minimum absolute atomic E-state index is 0.0683. The molecule has 2 aliphatic heterocycles. The fourth-order valence-electron chi connectivity index (χ4n) is 2.81. The number of likely N-dealkylation sites (tertiary alicyclic amines) is 1. The van der Waals surface area contributed by atoms with Crippen LogP contribution in [0.5, 0.6) is 0 Å². The summed E-state index contributed by atoms with van der Waals surface area (Å²) in [6.07, 6.45) is -0.00636. The van der Waals surface area contributed by atoms with Crippen LogP contribution < -0.4 is 0 Å². The Morgan fingerprint density at radius 2 is 2.14 bits per heavy atom. The number of ether oxygens (including phenoxy) is 1. The number of carbonyl (C=O) groups is 3. The summed E-state index contributed by atoms with van der Waals surface area (Å²) in [5.41, 5.74) is 1.65. The number of rotatable bonds is 2. The third-order valence-corrected chi connectivity index (χ3v) is 3.87. The summed E-state index contributed by atoms with van der Waals surface area (Å²) in [4.78, 5) is 38.4. The number of hydrogen-bond donors (Lipinski definition) is 0. The zero-order valence-corrected chi connectivity index (χ0v) is 11.7. The molecule has 1 aromatic carbocycles. The van der Waals surface area contributed by atoms with Gasteiger partial charge in [-0.15, -0.1) is 0 Å². The minimum atomic E-state index is -0.602. The molecule has 2 saturated heterocycles. The molecule has 6 nitrogen and oxygen atoms in total. The van der Waals surface area contributed by atoms with E-state index in [1.165, 1.54) is 0 Å².